The van der Waals surface area contributed by atoms with Crippen molar-refractivity contribution in [2.24, 2.45) is 0 Å². The lowest BCUT2D eigenvalue weighted by Crippen LogP contribution is -2.17. The van der Waals surface area contributed by atoms with Gasteiger partial charge in [0.1, 0.15) is 0 Å². The SMILES string of the molecule is CCCS(=O)(=O)Nc1ccc(NC(=O)CSCc2cc(=O)n3ccsc3n2)cc1. The van der Waals surface area contributed by atoms with Gasteiger partial charge >= 0.3 is 0 Å². The van der Waals surface area contributed by atoms with E-state index in [1.54, 1.807) is 42.8 Å². The van der Waals surface area contributed by atoms with Gasteiger partial charge in [0.05, 0.1) is 17.2 Å². The van der Waals surface area contributed by atoms with Crippen molar-refractivity contribution >= 4 is 55.4 Å². The molecule has 3 aromatic rings. The van der Waals surface area contributed by atoms with Crippen molar-refractivity contribution < 1.29 is 13.2 Å². The summed E-state index contributed by atoms with van der Waals surface area (Å²) in [5, 5.41) is 4.56. The van der Waals surface area contributed by atoms with Crippen LogP contribution in [-0.4, -0.2) is 35.2 Å². The maximum atomic E-state index is 12.1. The van der Waals surface area contributed by atoms with Crippen LogP contribution in [-0.2, 0) is 20.6 Å². The summed E-state index contributed by atoms with van der Waals surface area (Å²) in [5.74, 6) is 0.526. The van der Waals surface area contributed by atoms with Crippen LogP contribution in [0.15, 0.2) is 46.7 Å². The van der Waals surface area contributed by atoms with E-state index >= 15 is 0 Å². The van der Waals surface area contributed by atoms with Gasteiger partial charge in [-0.1, -0.05) is 6.92 Å². The number of sulfonamides is 1. The Hall–Kier alpha value is -2.37. The first-order chi connectivity index (χ1) is 13.9. The predicted octanol–water partition coefficient (Wildman–Crippen LogP) is 2.78. The number of rotatable bonds is 9. The number of benzene rings is 1. The zero-order valence-electron chi connectivity index (χ0n) is 15.6. The minimum absolute atomic E-state index is 0.0590. The Bertz CT molecular complexity index is 1150. The molecule has 8 nitrogen and oxygen atoms in total. The van der Waals surface area contributed by atoms with Crippen LogP contribution in [0.3, 0.4) is 0 Å². The molecule has 0 bridgehead atoms. The zero-order chi connectivity index (χ0) is 20.9. The number of thiazole rings is 1. The van der Waals surface area contributed by atoms with Gasteiger partial charge in [0.25, 0.3) is 5.56 Å². The van der Waals surface area contributed by atoms with Crippen LogP contribution in [0.4, 0.5) is 11.4 Å². The van der Waals surface area contributed by atoms with E-state index in [0.29, 0.717) is 34.2 Å². The first-order valence-electron chi connectivity index (χ1n) is 8.80. The Balaban J connectivity index is 1.49. The molecule has 2 heterocycles. The maximum absolute atomic E-state index is 12.1. The molecule has 0 unspecified atom stereocenters. The van der Waals surface area contributed by atoms with Crippen LogP contribution >= 0.6 is 23.1 Å². The van der Waals surface area contributed by atoms with E-state index in [-0.39, 0.29) is 23.0 Å². The fourth-order valence-electron chi connectivity index (χ4n) is 2.53. The smallest absolute Gasteiger partial charge is 0.258 e. The molecule has 29 heavy (non-hydrogen) atoms. The minimum Gasteiger partial charge on any atom is -0.325 e. The first kappa shape index (κ1) is 21.3. The molecular weight excluding hydrogens is 432 g/mol. The quantitative estimate of drug-likeness (QED) is 0.517. The maximum Gasteiger partial charge on any atom is 0.258 e. The third-order valence-corrected chi connectivity index (χ3v) is 6.97. The fourth-order valence-corrected chi connectivity index (χ4v) is 5.12. The third kappa shape index (κ3) is 6.05. The Kier molecular flexibility index (Phi) is 6.93. The molecular formula is C18H20N4O4S3. The number of hydrogen-bond donors (Lipinski definition) is 2. The summed E-state index contributed by atoms with van der Waals surface area (Å²) in [6.45, 7) is 1.80. The molecule has 0 atom stereocenters. The lowest BCUT2D eigenvalue weighted by Gasteiger charge is -2.09. The Morgan fingerprint density at radius 3 is 2.69 bits per heavy atom. The van der Waals surface area contributed by atoms with Crippen LogP contribution in [0.5, 0.6) is 0 Å². The van der Waals surface area contributed by atoms with Crippen molar-refractivity contribution in [3.8, 4) is 0 Å². The van der Waals surface area contributed by atoms with Crippen molar-refractivity contribution in [2.45, 2.75) is 19.1 Å². The molecule has 0 aliphatic carbocycles. The molecule has 0 fully saturated rings. The highest BCUT2D eigenvalue weighted by Gasteiger charge is 2.09. The molecule has 2 aromatic heterocycles. The van der Waals surface area contributed by atoms with Gasteiger partial charge in [-0.25, -0.2) is 13.4 Å². The molecule has 1 amide bonds. The van der Waals surface area contributed by atoms with Crippen LogP contribution in [0.25, 0.3) is 4.96 Å². The van der Waals surface area contributed by atoms with Crippen LogP contribution in [0.2, 0.25) is 0 Å². The normalized spacial score (nSPS) is 11.5. The Morgan fingerprint density at radius 1 is 1.24 bits per heavy atom. The van der Waals surface area contributed by atoms with E-state index in [4.69, 9.17) is 0 Å². The summed E-state index contributed by atoms with van der Waals surface area (Å²) in [7, 11) is -3.34. The molecule has 0 spiro atoms. The number of nitrogens with zero attached hydrogens (tertiary/aromatic N) is 2. The third-order valence-electron chi connectivity index (χ3n) is 3.75. The van der Waals surface area contributed by atoms with Crippen molar-refractivity contribution in [2.75, 3.05) is 21.5 Å². The second kappa shape index (κ2) is 9.42. The topological polar surface area (TPSA) is 110 Å². The largest absolute Gasteiger partial charge is 0.325 e. The summed E-state index contributed by atoms with van der Waals surface area (Å²) in [6, 6.07) is 7.95. The summed E-state index contributed by atoms with van der Waals surface area (Å²) in [6.07, 6.45) is 2.21. The second-order valence-corrected chi connectivity index (χ2v) is 9.88. The van der Waals surface area contributed by atoms with Gasteiger partial charge in [-0.2, -0.15) is 0 Å². The number of carbonyl (C=O) groups is 1. The minimum atomic E-state index is -3.34. The monoisotopic (exact) mass is 452 g/mol. The van der Waals surface area contributed by atoms with Gasteiger partial charge in [-0.05, 0) is 30.7 Å². The number of thioether (sulfide) groups is 1. The average Bonchev–Trinajstić information content (AvgIpc) is 3.12. The summed E-state index contributed by atoms with van der Waals surface area (Å²) in [5.41, 5.74) is 1.53. The number of anilines is 2. The number of carbonyl (C=O) groups excluding carboxylic acids is 1. The molecule has 0 aliphatic heterocycles. The van der Waals surface area contributed by atoms with Crippen molar-refractivity contribution in [3.63, 3.8) is 0 Å². The molecule has 11 heteroatoms. The van der Waals surface area contributed by atoms with Crippen LogP contribution in [0.1, 0.15) is 19.0 Å². The zero-order valence-corrected chi connectivity index (χ0v) is 18.1. The molecule has 1 aromatic carbocycles. The highest BCUT2D eigenvalue weighted by atomic mass is 32.2. The summed E-state index contributed by atoms with van der Waals surface area (Å²) < 4.78 is 27.5. The van der Waals surface area contributed by atoms with Crippen molar-refractivity contribution in [1.29, 1.82) is 0 Å². The van der Waals surface area contributed by atoms with Gasteiger partial charge in [-0.15, -0.1) is 23.1 Å². The predicted molar refractivity (Wildman–Crippen MR) is 118 cm³/mol. The van der Waals surface area contributed by atoms with E-state index in [2.05, 4.69) is 15.0 Å². The van der Waals surface area contributed by atoms with Crippen LogP contribution < -0.4 is 15.6 Å². The van der Waals surface area contributed by atoms with Gasteiger partial charge < -0.3 is 5.32 Å². The van der Waals surface area contributed by atoms with E-state index in [1.165, 1.54) is 33.6 Å². The standard InChI is InChI=1S/C18H20N4O4S3/c1-2-9-29(25,26)21-14-5-3-13(4-6-14)19-16(23)12-27-11-15-10-17(24)22-7-8-28-18(22)20-15/h3-8,10,21H,2,9,11-12H2,1H3,(H,19,23). The lowest BCUT2D eigenvalue weighted by molar-refractivity contribution is -0.113. The Labute approximate surface area is 176 Å². The number of nitrogens with one attached hydrogen (secondary N) is 2. The first-order valence-corrected chi connectivity index (χ1v) is 12.5. The molecule has 0 aliphatic rings. The summed E-state index contributed by atoms with van der Waals surface area (Å²) in [4.78, 5) is 29.1. The molecule has 0 radical (unpaired) electrons. The van der Waals surface area contributed by atoms with Crippen LogP contribution in [0, 0.1) is 0 Å². The highest BCUT2D eigenvalue weighted by Crippen LogP contribution is 2.17. The van der Waals surface area contributed by atoms with Gasteiger partial charge in [0.2, 0.25) is 15.9 Å². The second-order valence-electron chi connectivity index (χ2n) is 6.18. The molecule has 2 N–H and O–H groups in total. The van der Waals surface area contributed by atoms with E-state index in [1.807, 2.05) is 0 Å². The fraction of sp³-hybridized carbons (Fsp3) is 0.278. The number of fused-ring (bicyclic) bond motifs is 1. The van der Waals surface area contributed by atoms with Crippen molar-refractivity contribution in [1.82, 2.24) is 9.38 Å². The molecule has 154 valence electrons. The Morgan fingerprint density at radius 2 is 1.97 bits per heavy atom. The molecule has 3 rings (SSSR count). The molecule has 0 saturated heterocycles. The van der Waals surface area contributed by atoms with Gasteiger partial charge in [0.15, 0.2) is 4.96 Å². The number of amides is 1. The number of hydrogen-bond acceptors (Lipinski definition) is 7. The highest BCUT2D eigenvalue weighted by molar-refractivity contribution is 7.99. The van der Waals surface area contributed by atoms with E-state index in [0.717, 1.165) is 0 Å². The molecule has 0 saturated carbocycles. The van der Waals surface area contributed by atoms with E-state index < -0.39 is 10.0 Å². The average molecular weight is 453 g/mol. The number of aromatic nitrogens is 2. The van der Waals surface area contributed by atoms with E-state index in [9.17, 15) is 18.0 Å². The van der Waals surface area contributed by atoms with Gasteiger partial charge in [0, 0.05) is 34.8 Å². The van der Waals surface area contributed by atoms with Gasteiger partial charge in [-0.3, -0.25) is 18.7 Å². The van der Waals surface area contributed by atoms with Crippen molar-refractivity contribution in [3.05, 3.63) is 58.0 Å². The summed E-state index contributed by atoms with van der Waals surface area (Å²) >= 11 is 2.75. The lowest BCUT2D eigenvalue weighted by atomic mass is 10.3.